The summed E-state index contributed by atoms with van der Waals surface area (Å²) in [6, 6.07) is 9.01. The molecular formula is C19H22N4OS. The van der Waals surface area contributed by atoms with E-state index in [0.29, 0.717) is 17.7 Å². The standard InChI is InChI=1S/C19H22N4OS/c24-17(22-10-9-13-3-1-2-4-15(13)11-22)12-25-19-21-20-18(14-5-6-14)23(19)16-7-8-16/h1-4,14,16H,5-12H2. The molecule has 6 heteroatoms. The molecule has 5 rings (SSSR count). The summed E-state index contributed by atoms with van der Waals surface area (Å²) in [5.74, 6) is 2.43. The molecule has 0 unspecified atom stereocenters. The van der Waals surface area contributed by atoms with Gasteiger partial charge in [-0.15, -0.1) is 10.2 Å². The Morgan fingerprint density at radius 2 is 1.92 bits per heavy atom. The van der Waals surface area contributed by atoms with Crippen LogP contribution in [0.3, 0.4) is 0 Å². The van der Waals surface area contributed by atoms with E-state index in [4.69, 9.17) is 0 Å². The smallest absolute Gasteiger partial charge is 0.233 e. The fourth-order valence-electron chi connectivity index (χ4n) is 3.61. The second-order valence-corrected chi connectivity index (χ2v) is 8.28. The third-order valence-corrected chi connectivity index (χ3v) is 6.28. The van der Waals surface area contributed by atoms with Crippen LogP contribution in [0.25, 0.3) is 0 Å². The number of carbonyl (C=O) groups is 1. The molecule has 1 aliphatic heterocycles. The van der Waals surface area contributed by atoms with Gasteiger partial charge in [0.2, 0.25) is 5.91 Å². The second kappa shape index (κ2) is 6.16. The molecular weight excluding hydrogens is 332 g/mol. The van der Waals surface area contributed by atoms with Gasteiger partial charge in [0, 0.05) is 25.0 Å². The first-order valence-electron chi connectivity index (χ1n) is 9.22. The summed E-state index contributed by atoms with van der Waals surface area (Å²) >= 11 is 1.56. The monoisotopic (exact) mass is 354 g/mol. The van der Waals surface area contributed by atoms with Crippen molar-refractivity contribution >= 4 is 17.7 Å². The highest BCUT2D eigenvalue weighted by atomic mass is 32.2. The molecule has 0 bridgehead atoms. The van der Waals surface area contributed by atoms with Crippen molar-refractivity contribution in [3.05, 3.63) is 41.2 Å². The molecule has 0 atom stereocenters. The number of amides is 1. The molecule has 1 amide bonds. The molecule has 1 aromatic heterocycles. The average Bonchev–Trinajstić information content (AvgIpc) is 3.58. The largest absolute Gasteiger partial charge is 0.337 e. The lowest BCUT2D eigenvalue weighted by Crippen LogP contribution is -2.37. The van der Waals surface area contributed by atoms with Crippen molar-refractivity contribution < 1.29 is 4.79 Å². The molecule has 1 aromatic carbocycles. The van der Waals surface area contributed by atoms with E-state index in [-0.39, 0.29) is 5.91 Å². The van der Waals surface area contributed by atoms with Crippen molar-refractivity contribution in [2.75, 3.05) is 12.3 Å². The van der Waals surface area contributed by atoms with Crippen LogP contribution in [0.1, 0.15) is 54.6 Å². The molecule has 2 aromatic rings. The first kappa shape index (κ1) is 15.4. The van der Waals surface area contributed by atoms with Crippen LogP contribution in [0.5, 0.6) is 0 Å². The highest BCUT2D eigenvalue weighted by molar-refractivity contribution is 7.99. The summed E-state index contributed by atoms with van der Waals surface area (Å²) in [4.78, 5) is 14.7. The maximum Gasteiger partial charge on any atom is 0.233 e. The van der Waals surface area contributed by atoms with Gasteiger partial charge in [-0.25, -0.2) is 0 Å². The molecule has 25 heavy (non-hydrogen) atoms. The molecule has 3 aliphatic rings. The van der Waals surface area contributed by atoms with Gasteiger partial charge in [0.1, 0.15) is 5.82 Å². The summed E-state index contributed by atoms with van der Waals surface area (Å²) in [5.41, 5.74) is 2.66. The predicted molar refractivity (Wildman–Crippen MR) is 96.6 cm³/mol. The normalized spacial score (nSPS) is 19.8. The number of aromatic nitrogens is 3. The van der Waals surface area contributed by atoms with Gasteiger partial charge >= 0.3 is 0 Å². The molecule has 2 saturated carbocycles. The minimum Gasteiger partial charge on any atom is -0.337 e. The van der Waals surface area contributed by atoms with Crippen LogP contribution in [-0.2, 0) is 17.8 Å². The maximum atomic E-state index is 12.7. The van der Waals surface area contributed by atoms with E-state index in [0.717, 1.165) is 30.5 Å². The minimum atomic E-state index is 0.206. The number of nitrogens with zero attached hydrogens (tertiary/aromatic N) is 4. The fraction of sp³-hybridized carbons (Fsp3) is 0.526. The first-order chi connectivity index (χ1) is 12.3. The number of benzene rings is 1. The lowest BCUT2D eigenvalue weighted by Gasteiger charge is -2.28. The van der Waals surface area contributed by atoms with Gasteiger partial charge < -0.3 is 9.47 Å². The van der Waals surface area contributed by atoms with E-state index < -0.39 is 0 Å². The molecule has 2 aliphatic carbocycles. The molecule has 0 N–H and O–H groups in total. The lowest BCUT2D eigenvalue weighted by molar-refractivity contribution is -0.129. The van der Waals surface area contributed by atoms with Gasteiger partial charge in [-0.3, -0.25) is 4.79 Å². The Kier molecular flexibility index (Phi) is 3.81. The van der Waals surface area contributed by atoms with Gasteiger partial charge in [-0.1, -0.05) is 36.0 Å². The van der Waals surface area contributed by atoms with Crippen LogP contribution < -0.4 is 0 Å². The molecule has 0 saturated heterocycles. The Bertz CT molecular complexity index is 810. The highest BCUT2D eigenvalue weighted by Crippen LogP contribution is 2.46. The average molecular weight is 354 g/mol. The van der Waals surface area contributed by atoms with Crippen LogP contribution in [-0.4, -0.2) is 37.9 Å². The Balaban J connectivity index is 1.25. The Morgan fingerprint density at radius 1 is 1.12 bits per heavy atom. The van der Waals surface area contributed by atoms with Crippen molar-refractivity contribution in [3.8, 4) is 0 Å². The van der Waals surface area contributed by atoms with Crippen molar-refractivity contribution in [2.45, 2.75) is 55.8 Å². The van der Waals surface area contributed by atoms with Crippen molar-refractivity contribution in [2.24, 2.45) is 0 Å². The van der Waals surface area contributed by atoms with Crippen molar-refractivity contribution in [1.82, 2.24) is 19.7 Å². The fourth-order valence-corrected chi connectivity index (χ4v) is 4.52. The molecule has 0 radical (unpaired) electrons. The molecule has 0 spiro atoms. The highest BCUT2D eigenvalue weighted by Gasteiger charge is 2.36. The zero-order chi connectivity index (χ0) is 16.8. The third-order valence-electron chi connectivity index (χ3n) is 5.35. The van der Waals surface area contributed by atoms with Crippen molar-refractivity contribution in [1.29, 1.82) is 0 Å². The van der Waals surface area contributed by atoms with Crippen LogP contribution >= 0.6 is 11.8 Å². The van der Waals surface area contributed by atoms with E-state index in [1.54, 1.807) is 11.8 Å². The minimum absolute atomic E-state index is 0.206. The van der Waals surface area contributed by atoms with Crippen LogP contribution in [0.2, 0.25) is 0 Å². The van der Waals surface area contributed by atoms with Gasteiger partial charge in [-0.05, 0) is 43.2 Å². The number of fused-ring (bicyclic) bond motifs is 1. The number of thioether (sulfide) groups is 1. The SMILES string of the molecule is O=C(CSc1nnc(C2CC2)n1C1CC1)N1CCc2ccccc2C1. The Labute approximate surface area is 151 Å². The Hall–Kier alpha value is -1.82. The lowest BCUT2D eigenvalue weighted by atomic mass is 10.00. The molecule has 2 heterocycles. The molecule has 130 valence electrons. The summed E-state index contributed by atoms with van der Waals surface area (Å²) < 4.78 is 2.32. The quantitative estimate of drug-likeness (QED) is 0.774. The van der Waals surface area contributed by atoms with Crippen LogP contribution in [0, 0.1) is 0 Å². The predicted octanol–water partition coefficient (Wildman–Crippen LogP) is 3.17. The second-order valence-electron chi connectivity index (χ2n) is 7.34. The summed E-state index contributed by atoms with van der Waals surface area (Å²) in [6.45, 7) is 1.55. The number of hydrogen-bond donors (Lipinski definition) is 0. The molecule has 2 fully saturated rings. The van der Waals surface area contributed by atoms with Gasteiger partial charge in [-0.2, -0.15) is 0 Å². The number of carbonyl (C=O) groups excluding carboxylic acids is 1. The topological polar surface area (TPSA) is 51.0 Å². The van der Waals surface area contributed by atoms with Crippen LogP contribution in [0.4, 0.5) is 0 Å². The maximum absolute atomic E-state index is 12.7. The van der Waals surface area contributed by atoms with Crippen molar-refractivity contribution in [3.63, 3.8) is 0 Å². The third kappa shape index (κ3) is 3.08. The number of rotatable bonds is 5. The Morgan fingerprint density at radius 3 is 2.68 bits per heavy atom. The van der Waals surface area contributed by atoms with Gasteiger partial charge in [0.15, 0.2) is 5.16 Å². The zero-order valence-electron chi connectivity index (χ0n) is 14.2. The van der Waals surface area contributed by atoms with E-state index in [1.807, 2.05) is 4.90 Å². The van der Waals surface area contributed by atoms with E-state index in [1.165, 1.54) is 36.8 Å². The van der Waals surface area contributed by atoms with E-state index in [2.05, 4.69) is 39.0 Å². The summed E-state index contributed by atoms with van der Waals surface area (Å²) in [7, 11) is 0. The zero-order valence-corrected chi connectivity index (χ0v) is 15.0. The van der Waals surface area contributed by atoms with E-state index in [9.17, 15) is 4.79 Å². The molecule has 5 nitrogen and oxygen atoms in total. The summed E-state index contributed by atoms with van der Waals surface area (Å²) in [6.07, 6.45) is 5.88. The van der Waals surface area contributed by atoms with Crippen LogP contribution in [0.15, 0.2) is 29.4 Å². The van der Waals surface area contributed by atoms with E-state index >= 15 is 0 Å². The summed E-state index contributed by atoms with van der Waals surface area (Å²) in [5, 5.41) is 9.76. The van der Waals surface area contributed by atoms with Gasteiger partial charge in [0.25, 0.3) is 0 Å². The van der Waals surface area contributed by atoms with Gasteiger partial charge in [0.05, 0.1) is 5.75 Å². The first-order valence-corrected chi connectivity index (χ1v) is 10.2. The number of hydrogen-bond acceptors (Lipinski definition) is 4.